The van der Waals surface area contributed by atoms with Gasteiger partial charge in [0, 0.05) is 6.42 Å². The first kappa shape index (κ1) is 61.8. The molecule has 2 saturated heterocycles. The molecule has 2 fully saturated rings. The van der Waals surface area contributed by atoms with Gasteiger partial charge in [-0.2, -0.15) is 0 Å². The summed E-state index contributed by atoms with van der Waals surface area (Å²) in [5.41, 5.74) is 0. The van der Waals surface area contributed by atoms with E-state index in [4.69, 9.17) is 18.9 Å². The molecular formula is C53H101NO13. The number of aliphatic hydroxyl groups excluding tert-OH is 8. The molecule has 0 aliphatic carbocycles. The van der Waals surface area contributed by atoms with E-state index in [0.717, 1.165) is 70.6 Å². The molecule has 0 saturated carbocycles. The van der Waals surface area contributed by atoms with Crippen molar-refractivity contribution >= 4 is 5.91 Å². The van der Waals surface area contributed by atoms with Crippen LogP contribution in [-0.2, 0) is 23.7 Å². The number of nitrogens with one attached hydrogen (secondary N) is 1. The first-order valence-electron chi connectivity index (χ1n) is 27.4. The van der Waals surface area contributed by atoms with Gasteiger partial charge in [-0.3, -0.25) is 4.79 Å². The van der Waals surface area contributed by atoms with Crippen LogP contribution in [0.3, 0.4) is 0 Å². The summed E-state index contributed by atoms with van der Waals surface area (Å²) in [6.07, 6.45) is 26.6. The lowest BCUT2D eigenvalue weighted by Gasteiger charge is -2.46. The summed E-state index contributed by atoms with van der Waals surface area (Å²) >= 11 is 0. The second kappa shape index (κ2) is 40.3. The van der Waals surface area contributed by atoms with Gasteiger partial charge in [0.15, 0.2) is 12.6 Å². The second-order valence-corrected chi connectivity index (χ2v) is 19.7. The normalized spacial score (nSPS) is 26.6. The minimum atomic E-state index is -1.78. The number of carbonyl (C=O) groups is 1. The third-order valence-corrected chi connectivity index (χ3v) is 13.7. The zero-order chi connectivity index (χ0) is 48.9. The van der Waals surface area contributed by atoms with E-state index in [2.05, 4.69) is 31.3 Å². The van der Waals surface area contributed by atoms with Gasteiger partial charge in [-0.15, -0.1) is 0 Å². The third kappa shape index (κ3) is 27.2. The average molecular weight is 960 g/mol. The molecule has 2 heterocycles. The third-order valence-electron chi connectivity index (χ3n) is 13.7. The van der Waals surface area contributed by atoms with Gasteiger partial charge in [0.2, 0.25) is 5.91 Å². The van der Waals surface area contributed by atoms with Crippen LogP contribution in [0.5, 0.6) is 0 Å². The molecule has 0 radical (unpaired) electrons. The van der Waals surface area contributed by atoms with Crippen molar-refractivity contribution in [1.82, 2.24) is 5.32 Å². The molecule has 67 heavy (non-hydrogen) atoms. The molecule has 9 N–H and O–H groups in total. The highest BCUT2D eigenvalue weighted by atomic mass is 16.7. The van der Waals surface area contributed by atoms with Crippen molar-refractivity contribution in [3.8, 4) is 0 Å². The number of carbonyl (C=O) groups excluding carboxylic acids is 1. The lowest BCUT2D eigenvalue weighted by Crippen LogP contribution is -2.65. The summed E-state index contributed by atoms with van der Waals surface area (Å²) < 4.78 is 22.7. The zero-order valence-corrected chi connectivity index (χ0v) is 42.2. The maximum atomic E-state index is 13.1. The Kier molecular flexibility index (Phi) is 37.2. The Bertz CT molecular complexity index is 1180. The molecule has 2 aliphatic rings. The van der Waals surface area contributed by atoms with Gasteiger partial charge >= 0.3 is 0 Å². The van der Waals surface area contributed by atoms with Crippen LogP contribution in [0.2, 0.25) is 0 Å². The van der Waals surface area contributed by atoms with Crippen molar-refractivity contribution in [2.75, 3.05) is 19.8 Å². The Morgan fingerprint density at radius 1 is 0.522 bits per heavy atom. The van der Waals surface area contributed by atoms with Crippen LogP contribution >= 0.6 is 0 Å². The highest BCUT2D eigenvalue weighted by Gasteiger charge is 2.51. The standard InChI is InChI=1S/C53H101NO13/c1-3-5-7-9-11-13-15-16-17-18-19-20-21-22-23-24-25-26-27-28-30-32-34-36-42(57)41(54-45(58)37-35-33-31-29-14-12-10-8-6-4-2)40-64-52-50(63)48(61)51(44(39-56)66-52)67-53-49(62)47(60)46(59)43(38-55)65-53/h8,10,41-44,46-53,55-57,59-63H,3-7,9,11-40H2,1-2H3,(H,54,58)/b10-8-. The van der Waals surface area contributed by atoms with Crippen molar-refractivity contribution in [3.05, 3.63) is 12.2 Å². The van der Waals surface area contributed by atoms with E-state index < -0.39 is 86.8 Å². The van der Waals surface area contributed by atoms with Crippen molar-refractivity contribution in [1.29, 1.82) is 0 Å². The van der Waals surface area contributed by atoms with Crippen LogP contribution < -0.4 is 5.32 Å². The average Bonchev–Trinajstić information content (AvgIpc) is 3.32. The molecule has 2 aliphatic heterocycles. The lowest BCUT2D eigenvalue weighted by molar-refractivity contribution is -0.359. The molecule has 1 amide bonds. The van der Waals surface area contributed by atoms with Crippen LogP contribution in [0.25, 0.3) is 0 Å². The molecule has 12 unspecified atom stereocenters. The van der Waals surface area contributed by atoms with Gasteiger partial charge in [0.25, 0.3) is 0 Å². The van der Waals surface area contributed by atoms with Gasteiger partial charge < -0.3 is 65.1 Å². The minimum absolute atomic E-state index is 0.217. The number of aliphatic hydroxyl groups is 8. The Morgan fingerprint density at radius 2 is 0.970 bits per heavy atom. The van der Waals surface area contributed by atoms with Crippen LogP contribution in [0.1, 0.15) is 226 Å². The summed E-state index contributed by atoms with van der Waals surface area (Å²) in [5.74, 6) is -0.217. The predicted molar refractivity (Wildman–Crippen MR) is 263 cm³/mol. The molecular weight excluding hydrogens is 859 g/mol. The van der Waals surface area contributed by atoms with Crippen LogP contribution in [-0.4, -0.2) is 140 Å². The molecule has 0 spiro atoms. The molecule has 14 nitrogen and oxygen atoms in total. The summed E-state index contributed by atoms with van der Waals surface area (Å²) in [6.45, 7) is 2.79. The lowest BCUT2D eigenvalue weighted by atomic mass is 9.97. The SMILES string of the molecule is CCC/C=C\CCCCCCCC(=O)NC(COC1OC(CO)C(OC2OC(CO)C(O)C(O)C2O)C(O)C1O)C(O)CCCCCCCCCCCCCCCCCCCCCCCCC. The largest absolute Gasteiger partial charge is 0.394 e. The smallest absolute Gasteiger partial charge is 0.220 e. The van der Waals surface area contributed by atoms with E-state index in [1.54, 1.807) is 0 Å². The van der Waals surface area contributed by atoms with E-state index in [9.17, 15) is 45.6 Å². The van der Waals surface area contributed by atoms with Gasteiger partial charge in [0.1, 0.15) is 48.8 Å². The maximum absolute atomic E-state index is 13.1. The molecule has 0 bridgehead atoms. The maximum Gasteiger partial charge on any atom is 0.220 e. The van der Waals surface area contributed by atoms with Gasteiger partial charge in [0.05, 0.1) is 32.0 Å². The fraction of sp³-hybridized carbons (Fsp3) is 0.943. The molecule has 396 valence electrons. The van der Waals surface area contributed by atoms with Crippen LogP contribution in [0.4, 0.5) is 0 Å². The quantitative estimate of drug-likeness (QED) is 0.0209. The Morgan fingerprint density at radius 3 is 1.48 bits per heavy atom. The van der Waals surface area contributed by atoms with Crippen molar-refractivity contribution in [2.45, 2.75) is 299 Å². The molecule has 0 aromatic rings. The molecule has 2 rings (SSSR count). The zero-order valence-electron chi connectivity index (χ0n) is 42.2. The highest BCUT2D eigenvalue weighted by molar-refractivity contribution is 5.76. The second-order valence-electron chi connectivity index (χ2n) is 19.7. The van der Waals surface area contributed by atoms with Crippen molar-refractivity contribution < 1.29 is 64.6 Å². The number of hydrogen-bond donors (Lipinski definition) is 9. The fourth-order valence-electron chi connectivity index (χ4n) is 9.24. The van der Waals surface area contributed by atoms with Crippen LogP contribution in [0.15, 0.2) is 12.2 Å². The number of hydrogen-bond acceptors (Lipinski definition) is 13. The number of rotatable bonds is 43. The van der Waals surface area contributed by atoms with Crippen LogP contribution in [0, 0.1) is 0 Å². The Balaban J connectivity index is 1.74. The van der Waals surface area contributed by atoms with E-state index in [1.807, 2.05) is 0 Å². The summed E-state index contributed by atoms with van der Waals surface area (Å²) in [5, 5.41) is 86.9. The number of allylic oxidation sites excluding steroid dienone is 2. The van der Waals surface area contributed by atoms with Gasteiger partial charge in [-0.25, -0.2) is 0 Å². The van der Waals surface area contributed by atoms with Gasteiger partial charge in [-0.1, -0.05) is 199 Å². The fourth-order valence-corrected chi connectivity index (χ4v) is 9.24. The van der Waals surface area contributed by atoms with Crippen molar-refractivity contribution in [2.24, 2.45) is 0 Å². The van der Waals surface area contributed by atoms with E-state index >= 15 is 0 Å². The summed E-state index contributed by atoms with van der Waals surface area (Å²) in [4.78, 5) is 13.1. The Hall–Kier alpha value is -1.27. The molecule has 12 atom stereocenters. The topological polar surface area (TPSA) is 228 Å². The highest BCUT2D eigenvalue weighted by Crippen LogP contribution is 2.30. The predicted octanol–water partition coefficient (Wildman–Crippen LogP) is 7.94. The van der Waals surface area contributed by atoms with E-state index in [1.165, 1.54) is 122 Å². The minimum Gasteiger partial charge on any atom is -0.394 e. The summed E-state index contributed by atoms with van der Waals surface area (Å²) in [6, 6.07) is -0.828. The molecule has 0 aromatic heterocycles. The number of unbranched alkanes of at least 4 members (excludes halogenated alkanes) is 28. The van der Waals surface area contributed by atoms with E-state index in [0.29, 0.717) is 19.3 Å². The summed E-state index contributed by atoms with van der Waals surface area (Å²) in [7, 11) is 0. The van der Waals surface area contributed by atoms with Crippen molar-refractivity contribution in [3.63, 3.8) is 0 Å². The molecule has 0 aromatic carbocycles. The van der Waals surface area contributed by atoms with Gasteiger partial charge in [-0.05, 0) is 32.1 Å². The van der Waals surface area contributed by atoms with E-state index in [-0.39, 0.29) is 12.5 Å². The first-order valence-corrected chi connectivity index (χ1v) is 27.4. The first-order chi connectivity index (χ1) is 32.6. The monoisotopic (exact) mass is 960 g/mol. The number of ether oxygens (including phenoxy) is 4. The number of amides is 1. The molecule has 14 heteroatoms. The Labute approximate surface area is 406 Å².